The first-order valence-electron chi connectivity index (χ1n) is 7.45. The molecule has 0 aliphatic heterocycles. The number of nitrogens with zero attached hydrogens (tertiary/aromatic N) is 3. The molecule has 1 amide bonds. The number of para-hydroxylation sites is 1. The van der Waals surface area contributed by atoms with E-state index >= 15 is 0 Å². The SMILES string of the molecule is COc1ccccc1CCNC(=O)CN(C)Cc1noc(C)n1. The Kier molecular flexibility index (Phi) is 6.10. The number of benzene rings is 1. The second kappa shape index (κ2) is 8.28. The highest BCUT2D eigenvalue weighted by molar-refractivity contribution is 5.77. The molecule has 0 unspecified atom stereocenters. The minimum Gasteiger partial charge on any atom is -0.496 e. The number of aryl methyl sites for hydroxylation is 1. The average molecular weight is 318 g/mol. The third-order valence-corrected chi connectivity index (χ3v) is 3.30. The lowest BCUT2D eigenvalue weighted by Crippen LogP contribution is -2.36. The van der Waals surface area contributed by atoms with Crippen LogP contribution in [0.2, 0.25) is 0 Å². The van der Waals surface area contributed by atoms with Crippen LogP contribution in [0.1, 0.15) is 17.3 Å². The molecule has 2 aromatic rings. The highest BCUT2D eigenvalue weighted by Crippen LogP contribution is 2.17. The lowest BCUT2D eigenvalue weighted by molar-refractivity contribution is -0.122. The van der Waals surface area contributed by atoms with Gasteiger partial charge in [-0.15, -0.1) is 0 Å². The molecule has 0 radical (unpaired) electrons. The third-order valence-electron chi connectivity index (χ3n) is 3.30. The topological polar surface area (TPSA) is 80.5 Å². The zero-order valence-electron chi connectivity index (χ0n) is 13.7. The molecule has 0 fully saturated rings. The van der Waals surface area contributed by atoms with Crippen molar-refractivity contribution in [1.82, 2.24) is 20.4 Å². The summed E-state index contributed by atoms with van der Waals surface area (Å²) >= 11 is 0. The predicted molar refractivity (Wildman–Crippen MR) is 85.1 cm³/mol. The van der Waals surface area contributed by atoms with Crippen LogP contribution in [0, 0.1) is 6.92 Å². The molecular weight excluding hydrogens is 296 g/mol. The highest BCUT2D eigenvalue weighted by Gasteiger charge is 2.10. The predicted octanol–water partition coefficient (Wildman–Crippen LogP) is 1.18. The standard InChI is InChI=1S/C16H22N4O3/c1-12-18-15(19-23-12)10-20(2)11-16(21)17-9-8-13-6-4-5-7-14(13)22-3/h4-7H,8-11H2,1-3H3,(H,17,21). The molecule has 0 spiro atoms. The molecule has 1 heterocycles. The normalized spacial score (nSPS) is 10.8. The van der Waals surface area contributed by atoms with Crippen molar-refractivity contribution in [2.75, 3.05) is 27.2 Å². The highest BCUT2D eigenvalue weighted by atomic mass is 16.5. The first-order valence-corrected chi connectivity index (χ1v) is 7.45. The van der Waals surface area contributed by atoms with Crippen LogP contribution in [-0.2, 0) is 17.8 Å². The molecule has 7 heteroatoms. The van der Waals surface area contributed by atoms with E-state index in [9.17, 15) is 4.79 Å². The number of carbonyl (C=O) groups is 1. The minimum absolute atomic E-state index is 0.0392. The van der Waals surface area contributed by atoms with Crippen molar-refractivity contribution in [1.29, 1.82) is 0 Å². The lowest BCUT2D eigenvalue weighted by Gasteiger charge is -2.14. The Hall–Kier alpha value is -2.41. The van der Waals surface area contributed by atoms with Gasteiger partial charge in [0, 0.05) is 13.5 Å². The summed E-state index contributed by atoms with van der Waals surface area (Å²) in [5, 5.41) is 6.71. The van der Waals surface area contributed by atoms with Crippen molar-refractivity contribution >= 4 is 5.91 Å². The monoisotopic (exact) mass is 318 g/mol. The average Bonchev–Trinajstić information content (AvgIpc) is 2.92. The van der Waals surface area contributed by atoms with Crippen LogP contribution in [-0.4, -0.2) is 48.2 Å². The van der Waals surface area contributed by atoms with Crippen molar-refractivity contribution in [3.8, 4) is 5.75 Å². The van der Waals surface area contributed by atoms with Crippen molar-refractivity contribution in [2.45, 2.75) is 19.9 Å². The molecule has 1 N–H and O–H groups in total. The Balaban J connectivity index is 1.72. The van der Waals surface area contributed by atoms with Crippen LogP contribution in [0.5, 0.6) is 5.75 Å². The summed E-state index contributed by atoms with van der Waals surface area (Å²) in [7, 11) is 3.48. The van der Waals surface area contributed by atoms with Crippen molar-refractivity contribution in [3.05, 3.63) is 41.5 Å². The number of likely N-dealkylation sites (N-methyl/N-ethyl adjacent to an activating group) is 1. The summed E-state index contributed by atoms with van der Waals surface area (Å²) < 4.78 is 10.2. The van der Waals surface area contributed by atoms with Crippen LogP contribution >= 0.6 is 0 Å². The van der Waals surface area contributed by atoms with Crippen LogP contribution in [0.15, 0.2) is 28.8 Å². The first kappa shape index (κ1) is 17.0. The number of ether oxygens (including phenoxy) is 1. The van der Waals surface area contributed by atoms with Gasteiger partial charge in [-0.2, -0.15) is 4.98 Å². The maximum Gasteiger partial charge on any atom is 0.234 e. The largest absolute Gasteiger partial charge is 0.496 e. The van der Waals surface area contributed by atoms with Gasteiger partial charge in [0.1, 0.15) is 5.75 Å². The van der Waals surface area contributed by atoms with Gasteiger partial charge in [-0.25, -0.2) is 0 Å². The van der Waals surface area contributed by atoms with Crippen LogP contribution in [0.3, 0.4) is 0 Å². The minimum atomic E-state index is -0.0392. The molecule has 1 aromatic carbocycles. The van der Waals surface area contributed by atoms with E-state index in [1.165, 1.54) is 0 Å². The van der Waals surface area contributed by atoms with Gasteiger partial charge in [-0.1, -0.05) is 23.4 Å². The van der Waals surface area contributed by atoms with Crippen molar-refractivity contribution in [3.63, 3.8) is 0 Å². The molecule has 2 rings (SSSR count). The van der Waals surface area contributed by atoms with E-state index in [4.69, 9.17) is 9.26 Å². The molecule has 1 aromatic heterocycles. The van der Waals surface area contributed by atoms with Crippen molar-refractivity contribution < 1.29 is 14.1 Å². The van der Waals surface area contributed by atoms with Gasteiger partial charge < -0.3 is 14.6 Å². The maximum atomic E-state index is 11.9. The van der Waals surface area contributed by atoms with Gasteiger partial charge in [0.15, 0.2) is 5.82 Å². The van der Waals surface area contributed by atoms with E-state index in [-0.39, 0.29) is 12.5 Å². The van der Waals surface area contributed by atoms with Crippen LogP contribution < -0.4 is 10.1 Å². The Labute approximate surface area is 135 Å². The molecule has 0 saturated carbocycles. The van der Waals surface area contributed by atoms with E-state index in [0.29, 0.717) is 24.8 Å². The Morgan fingerprint density at radius 3 is 2.87 bits per heavy atom. The quantitative estimate of drug-likeness (QED) is 0.787. The maximum absolute atomic E-state index is 11.9. The third kappa shape index (κ3) is 5.37. The van der Waals surface area contributed by atoms with Gasteiger partial charge in [0.05, 0.1) is 20.2 Å². The van der Waals surface area contributed by atoms with Gasteiger partial charge in [-0.3, -0.25) is 9.69 Å². The second-order valence-corrected chi connectivity index (χ2v) is 5.31. The number of rotatable bonds is 8. The van der Waals surface area contributed by atoms with E-state index in [1.807, 2.05) is 36.2 Å². The zero-order valence-corrected chi connectivity index (χ0v) is 13.7. The summed E-state index contributed by atoms with van der Waals surface area (Å²) in [6.07, 6.45) is 0.726. The van der Waals surface area contributed by atoms with Crippen LogP contribution in [0.25, 0.3) is 0 Å². The number of carbonyl (C=O) groups excluding carboxylic acids is 1. The second-order valence-electron chi connectivity index (χ2n) is 5.31. The zero-order chi connectivity index (χ0) is 16.7. The summed E-state index contributed by atoms with van der Waals surface area (Å²) in [5.41, 5.74) is 1.07. The lowest BCUT2D eigenvalue weighted by atomic mass is 10.1. The molecule has 0 bridgehead atoms. The van der Waals surface area contributed by atoms with Gasteiger partial charge in [0.2, 0.25) is 11.8 Å². The molecule has 0 saturated heterocycles. The summed E-state index contributed by atoms with van der Waals surface area (Å²) in [6.45, 7) is 3.05. The Bertz CT molecular complexity index is 642. The van der Waals surface area contributed by atoms with Gasteiger partial charge in [-0.05, 0) is 25.1 Å². The fourth-order valence-electron chi connectivity index (χ4n) is 2.25. The summed E-state index contributed by atoms with van der Waals surface area (Å²) in [6, 6.07) is 7.80. The molecule has 0 aliphatic rings. The number of hydrogen-bond acceptors (Lipinski definition) is 6. The van der Waals surface area contributed by atoms with E-state index in [1.54, 1.807) is 14.0 Å². The number of aromatic nitrogens is 2. The summed E-state index contributed by atoms with van der Waals surface area (Å²) in [5.74, 6) is 1.90. The molecule has 0 aliphatic carbocycles. The van der Waals surface area contributed by atoms with Crippen molar-refractivity contribution in [2.24, 2.45) is 0 Å². The number of amides is 1. The van der Waals surface area contributed by atoms with Gasteiger partial charge >= 0.3 is 0 Å². The van der Waals surface area contributed by atoms with Gasteiger partial charge in [0.25, 0.3) is 0 Å². The molecule has 124 valence electrons. The number of nitrogens with one attached hydrogen (secondary N) is 1. The first-order chi connectivity index (χ1) is 11.1. The number of hydrogen-bond donors (Lipinski definition) is 1. The molecular formula is C16H22N4O3. The van der Waals surface area contributed by atoms with Crippen LogP contribution in [0.4, 0.5) is 0 Å². The fraction of sp³-hybridized carbons (Fsp3) is 0.438. The smallest absolute Gasteiger partial charge is 0.234 e. The van der Waals surface area contributed by atoms with E-state index in [2.05, 4.69) is 15.5 Å². The molecule has 7 nitrogen and oxygen atoms in total. The van der Waals surface area contributed by atoms with E-state index < -0.39 is 0 Å². The Morgan fingerprint density at radius 1 is 1.39 bits per heavy atom. The summed E-state index contributed by atoms with van der Waals surface area (Å²) in [4.78, 5) is 17.9. The molecule has 0 atom stereocenters. The number of methoxy groups -OCH3 is 1. The van der Waals surface area contributed by atoms with E-state index in [0.717, 1.165) is 17.7 Å². The fourth-order valence-corrected chi connectivity index (χ4v) is 2.25. The molecule has 23 heavy (non-hydrogen) atoms. The Morgan fingerprint density at radius 2 is 2.17 bits per heavy atom.